The quantitative estimate of drug-likeness (QED) is 0.119. The van der Waals surface area contributed by atoms with Crippen LogP contribution in [0.25, 0.3) is 10.4 Å². The lowest BCUT2D eigenvalue weighted by Gasteiger charge is -2.32. The molecule has 0 fully saturated rings. The summed E-state index contributed by atoms with van der Waals surface area (Å²) in [7, 11) is 3.49. The summed E-state index contributed by atoms with van der Waals surface area (Å²) in [6.07, 6.45) is 0.0235. The summed E-state index contributed by atoms with van der Waals surface area (Å²) < 4.78 is 12.2. The first-order chi connectivity index (χ1) is 19.0. The second-order valence-corrected chi connectivity index (χ2v) is 9.37. The molecule has 10 nitrogen and oxygen atoms in total. The van der Waals surface area contributed by atoms with Crippen LogP contribution < -0.4 is 10.2 Å². The number of ether oxygens (including phenoxy) is 2. The number of aliphatic hydroxyl groups is 1. The molecule has 0 saturated carbocycles. The topological polar surface area (TPSA) is 132 Å². The highest BCUT2D eigenvalue weighted by Crippen LogP contribution is 2.43. The van der Waals surface area contributed by atoms with Crippen molar-refractivity contribution in [2.45, 2.75) is 31.0 Å². The van der Waals surface area contributed by atoms with E-state index < -0.39 is 11.6 Å². The standard InChI is InChI=1S/C29H32N6O4/c1-35(2)33-28(37)29(19-21-9-4-3-5-10-21)26(25-12-7-6-11-23(25)20-31-34-30)39-27(32-29)22-13-15-24(16-14-22)38-18-8-17-36/h3-7,9-16,26,36H,8,17-20H2,1-2H3,(H,33,37)/t26-,29-/m0/s1. The van der Waals surface area contributed by atoms with Crippen LogP contribution in [0.15, 0.2) is 89.0 Å². The Bertz CT molecular complexity index is 1340. The second kappa shape index (κ2) is 12.9. The van der Waals surface area contributed by atoms with Gasteiger partial charge in [-0.25, -0.2) is 10.0 Å². The number of benzene rings is 3. The summed E-state index contributed by atoms with van der Waals surface area (Å²) in [4.78, 5) is 21.9. The van der Waals surface area contributed by atoms with E-state index in [1.165, 1.54) is 0 Å². The average Bonchev–Trinajstić information content (AvgIpc) is 3.33. The molecule has 0 spiro atoms. The van der Waals surface area contributed by atoms with Gasteiger partial charge >= 0.3 is 0 Å². The number of aliphatic hydroxyl groups excluding tert-OH is 1. The molecule has 0 bridgehead atoms. The predicted octanol–water partition coefficient (Wildman–Crippen LogP) is 4.35. The lowest BCUT2D eigenvalue weighted by molar-refractivity contribution is -0.132. The van der Waals surface area contributed by atoms with Gasteiger partial charge in [0, 0.05) is 44.0 Å². The molecular formula is C29H32N6O4. The molecule has 2 atom stereocenters. The number of hydrazine groups is 1. The molecule has 202 valence electrons. The van der Waals surface area contributed by atoms with Crippen LogP contribution in [0.3, 0.4) is 0 Å². The van der Waals surface area contributed by atoms with Crippen LogP contribution in [0.5, 0.6) is 5.75 Å². The first-order valence-electron chi connectivity index (χ1n) is 12.7. The van der Waals surface area contributed by atoms with E-state index in [4.69, 9.17) is 25.1 Å². The van der Waals surface area contributed by atoms with Crippen molar-refractivity contribution < 1.29 is 19.4 Å². The van der Waals surface area contributed by atoms with Gasteiger partial charge in [-0.2, -0.15) is 0 Å². The summed E-state index contributed by atoms with van der Waals surface area (Å²) in [5, 5.41) is 14.4. The van der Waals surface area contributed by atoms with E-state index in [1.807, 2.05) is 66.7 Å². The van der Waals surface area contributed by atoms with Crippen molar-refractivity contribution >= 4 is 11.8 Å². The molecule has 0 aromatic heterocycles. The Balaban J connectivity index is 1.82. The van der Waals surface area contributed by atoms with Crippen molar-refractivity contribution in [1.82, 2.24) is 10.4 Å². The lowest BCUT2D eigenvalue weighted by atomic mass is 9.80. The Hall–Kier alpha value is -4.37. The van der Waals surface area contributed by atoms with Crippen molar-refractivity contribution in [3.8, 4) is 5.75 Å². The Morgan fingerprint density at radius 2 is 1.85 bits per heavy atom. The largest absolute Gasteiger partial charge is 0.494 e. The summed E-state index contributed by atoms with van der Waals surface area (Å²) >= 11 is 0. The van der Waals surface area contributed by atoms with Gasteiger partial charge in [-0.1, -0.05) is 59.7 Å². The highest BCUT2D eigenvalue weighted by atomic mass is 16.5. The molecule has 39 heavy (non-hydrogen) atoms. The predicted molar refractivity (Wildman–Crippen MR) is 148 cm³/mol. The molecular weight excluding hydrogens is 496 g/mol. The third-order valence-corrected chi connectivity index (χ3v) is 6.31. The molecule has 1 amide bonds. The third kappa shape index (κ3) is 6.56. The van der Waals surface area contributed by atoms with E-state index in [0.717, 1.165) is 16.7 Å². The van der Waals surface area contributed by atoms with Crippen LogP contribution in [0.2, 0.25) is 0 Å². The van der Waals surface area contributed by atoms with E-state index in [9.17, 15) is 4.79 Å². The zero-order chi connectivity index (χ0) is 27.7. The third-order valence-electron chi connectivity index (χ3n) is 6.31. The average molecular weight is 529 g/mol. The maximum atomic E-state index is 14.0. The van der Waals surface area contributed by atoms with Gasteiger partial charge in [0.2, 0.25) is 5.90 Å². The molecule has 0 aliphatic carbocycles. The van der Waals surface area contributed by atoms with E-state index in [1.54, 1.807) is 31.2 Å². The maximum absolute atomic E-state index is 14.0. The number of hydrogen-bond acceptors (Lipinski definition) is 7. The normalized spacial score (nSPS) is 18.2. The molecule has 3 aromatic rings. The number of carbonyl (C=O) groups is 1. The van der Waals surface area contributed by atoms with E-state index >= 15 is 0 Å². The second-order valence-electron chi connectivity index (χ2n) is 9.37. The fourth-order valence-corrected chi connectivity index (χ4v) is 4.51. The van der Waals surface area contributed by atoms with Gasteiger partial charge < -0.3 is 14.6 Å². The van der Waals surface area contributed by atoms with Gasteiger partial charge in [-0.15, -0.1) is 0 Å². The van der Waals surface area contributed by atoms with Crippen LogP contribution in [0.1, 0.15) is 34.8 Å². The van der Waals surface area contributed by atoms with Crippen molar-refractivity contribution in [3.63, 3.8) is 0 Å². The lowest BCUT2D eigenvalue weighted by Crippen LogP contribution is -2.53. The van der Waals surface area contributed by atoms with E-state index in [0.29, 0.717) is 30.2 Å². The van der Waals surface area contributed by atoms with Gasteiger partial charge in [0.1, 0.15) is 5.75 Å². The van der Waals surface area contributed by atoms with Crippen LogP contribution in [0.4, 0.5) is 0 Å². The first kappa shape index (κ1) is 27.7. The van der Waals surface area contributed by atoms with Crippen molar-refractivity contribution in [1.29, 1.82) is 0 Å². The van der Waals surface area contributed by atoms with Crippen molar-refractivity contribution in [2.24, 2.45) is 10.1 Å². The SMILES string of the molecule is CN(C)NC(=O)[C@@]1(Cc2ccccc2)N=C(c2ccc(OCCCO)cc2)O[C@H]1c1ccccc1CN=[N+]=[N-]. The van der Waals surface area contributed by atoms with Crippen LogP contribution in [-0.2, 0) is 22.5 Å². The smallest absolute Gasteiger partial charge is 0.266 e. The van der Waals surface area contributed by atoms with Crippen molar-refractivity contribution in [2.75, 3.05) is 27.3 Å². The Morgan fingerprint density at radius 1 is 1.13 bits per heavy atom. The Morgan fingerprint density at radius 3 is 2.54 bits per heavy atom. The minimum Gasteiger partial charge on any atom is -0.494 e. The van der Waals surface area contributed by atoms with Crippen LogP contribution in [-0.4, -0.2) is 54.8 Å². The molecule has 2 N–H and O–H groups in total. The minimum atomic E-state index is -1.36. The number of nitrogens with one attached hydrogen (secondary N) is 1. The fraction of sp³-hybridized carbons (Fsp3) is 0.310. The molecule has 0 saturated heterocycles. The molecule has 0 radical (unpaired) electrons. The molecule has 1 aliphatic rings. The maximum Gasteiger partial charge on any atom is 0.266 e. The first-order valence-corrected chi connectivity index (χ1v) is 12.7. The number of azide groups is 1. The fourth-order valence-electron chi connectivity index (χ4n) is 4.51. The number of nitrogens with zero attached hydrogens (tertiary/aromatic N) is 5. The number of carbonyl (C=O) groups excluding carboxylic acids is 1. The number of amides is 1. The summed E-state index contributed by atoms with van der Waals surface area (Å²) in [5.74, 6) is 0.659. The summed E-state index contributed by atoms with van der Waals surface area (Å²) in [5.41, 5.74) is 13.6. The van der Waals surface area contributed by atoms with Gasteiger partial charge in [0.25, 0.3) is 5.91 Å². The van der Waals surface area contributed by atoms with E-state index in [-0.39, 0.29) is 25.5 Å². The molecule has 1 aliphatic heterocycles. The summed E-state index contributed by atoms with van der Waals surface area (Å²) in [6.45, 7) is 0.574. The molecule has 10 heteroatoms. The molecule has 1 heterocycles. The van der Waals surface area contributed by atoms with Gasteiger partial charge in [-0.05, 0) is 46.5 Å². The Labute approximate surface area is 227 Å². The van der Waals surface area contributed by atoms with Gasteiger partial charge in [0.05, 0.1) is 13.2 Å². The number of rotatable bonds is 12. The number of aliphatic imine (C=N–C) groups is 1. The van der Waals surface area contributed by atoms with Gasteiger partial charge in [0.15, 0.2) is 11.6 Å². The van der Waals surface area contributed by atoms with Crippen LogP contribution in [0, 0.1) is 0 Å². The minimum absolute atomic E-state index is 0.0593. The monoisotopic (exact) mass is 528 g/mol. The van der Waals surface area contributed by atoms with Gasteiger partial charge in [-0.3, -0.25) is 10.2 Å². The van der Waals surface area contributed by atoms with E-state index in [2.05, 4.69) is 15.5 Å². The van der Waals surface area contributed by atoms with Crippen LogP contribution >= 0.6 is 0 Å². The molecule has 0 unspecified atom stereocenters. The zero-order valence-corrected chi connectivity index (χ0v) is 22.0. The van der Waals surface area contributed by atoms with Crippen molar-refractivity contribution in [3.05, 3.63) is 112 Å². The zero-order valence-electron chi connectivity index (χ0n) is 22.0. The molecule has 4 rings (SSSR count). The molecule has 3 aromatic carbocycles. The number of hydrogen-bond donors (Lipinski definition) is 2. The summed E-state index contributed by atoms with van der Waals surface area (Å²) in [6, 6.07) is 24.4. The highest BCUT2D eigenvalue weighted by Gasteiger charge is 2.54. The Kier molecular flexibility index (Phi) is 9.17. The highest BCUT2D eigenvalue weighted by molar-refractivity contribution is 6.01.